The van der Waals surface area contributed by atoms with Crippen LogP contribution in [0.2, 0.25) is 0 Å². The molecule has 0 saturated heterocycles. The van der Waals surface area contributed by atoms with E-state index in [1.54, 1.807) is 17.8 Å². The number of aryl methyl sites for hydroxylation is 1. The van der Waals surface area contributed by atoms with Crippen molar-refractivity contribution in [3.05, 3.63) is 60.2 Å². The maximum absolute atomic E-state index is 11.0. The maximum Gasteiger partial charge on any atom is 0.354 e. The molecule has 0 atom stereocenters. The number of nitrogens with zero attached hydrogens (tertiary/aromatic N) is 4. The summed E-state index contributed by atoms with van der Waals surface area (Å²) in [7, 11) is 0. The molecule has 0 bridgehead atoms. The van der Waals surface area contributed by atoms with Gasteiger partial charge in [0.05, 0.1) is 5.69 Å². The quantitative estimate of drug-likeness (QED) is 0.796. The van der Waals surface area contributed by atoms with Gasteiger partial charge in [0.25, 0.3) is 0 Å². The fourth-order valence-electron chi connectivity index (χ4n) is 1.99. The molecule has 0 radical (unpaired) electrons. The minimum absolute atomic E-state index is 0.00588. The highest BCUT2D eigenvalue weighted by atomic mass is 16.4. The molecule has 0 spiro atoms. The second kappa shape index (κ2) is 5.16. The van der Waals surface area contributed by atoms with E-state index in [0.29, 0.717) is 11.5 Å². The van der Waals surface area contributed by atoms with Crippen LogP contribution >= 0.6 is 0 Å². The van der Waals surface area contributed by atoms with Gasteiger partial charge >= 0.3 is 5.97 Å². The van der Waals surface area contributed by atoms with E-state index in [9.17, 15) is 4.79 Å². The molecule has 0 aliphatic heterocycles. The largest absolute Gasteiger partial charge is 0.477 e. The molecule has 0 unspecified atom stereocenters. The average Bonchev–Trinajstić information content (AvgIpc) is 3.01. The topological polar surface area (TPSA) is 80.9 Å². The molecule has 3 aromatic rings. The lowest BCUT2D eigenvalue weighted by atomic mass is 10.2. The Morgan fingerprint density at radius 3 is 2.57 bits per heavy atom. The number of carboxylic acid groups (broad SMARTS) is 1. The third kappa shape index (κ3) is 2.64. The zero-order valence-electron chi connectivity index (χ0n) is 11.3. The zero-order chi connectivity index (χ0) is 14.8. The smallest absolute Gasteiger partial charge is 0.354 e. The molecule has 0 aliphatic carbocycles. The van der Waals surface area contributed by atoms with Gasteiger partial charge in [-0.15, -0.1) is 0 Å². The van der Waals surface area contributed by atoms with Crippen molar-refractivity contribution in [2.24, 2.45) is 0 Å². The van der Waals surface area contributed by atoms with Gasteiger partial charge < -0.3 is 5.11 Å². The summed E-state index contributed by atoms with van der Waals surface area (Å²) in [5.74, 6) is -0.658. The second-order valence-electron chi connectivity index (χ2n) is 4.52. The summed E-state index contributed by atoms with van der Waals surface area (Å²) in [6.07, 6.45) is 3.55. The van der Waals surface area contributed by atoms with Gasteiger partial charge in [-0.2, -0.15) is 5.10 Å². The summed E-state index contributed by atoms with van der Waals surface area (Å²) in [5, 5.41) is 13.2. The number of hydrogen-bond acceptors (Lipinski definition) is 4. The lowest BCUT2D eigenvalue weighted by Crippen LogP contribution is -2.04. The van der Waals surface area contributed by atoms with E-state index >= 15 is 0 Å². The Hall–Kier alpha value is -3.02. The highest BCUT2D eigenvalue weighted by Gasteiger charge is 2.10. The molecule has 0 amide bonds. The molecule has 3 rings (SSSR count). The first-order chi connectivity index (χ1) is 10.1. The van der Waals surface area contributed by atoms with Gasteiger partial charge in [-0.1, -0.05) is 0 Å². The van der Waals surface area contributed by atoms with Crippen LogP contribution in [-0.4, -0.2) is 30.8 Å². The number of benzene rings is 1. The minimum Gasteiger partial charge on any atom is -0.477 e. The van der Waals surface area contributed by atoms with Crippen LogP contribution in [0.5, 0.6) is 0 Å². The van der Waals surface area contributed by atoms with E-state index < -0.39 is 5.97 Å². The SMILES string of the molecule is Cc1cc(C(=O)O)nc(-c2ccc(-n3cccn3)cc2)n1. The van der Waals surface area contributed by atoms with E-state index in [-0.39, 0.29) is 5.69 Å². The van der Waals surface area contributed by atoms with Gasteiger partial charge in [0.2, 0.25) is 0 Å². The third-order valence-electron chi connectivity index (χ3n) is 2.97. The van der Waals surface area contributed by atoms with Gasteiger partial charge in [-0.05, 0) is 43.3 Å². The van der Waals surface area contributed by atoms with Crippen molar-refractivity contribution < 1.29 is 9.90 Å². The van der Waals surface area contributed by atoms with Crippen molar-refractivity contribution in [2.75, 3.05) is 0 Å². The Balaban J connectivity index is 1.99. The van der Waals surface area contributed by atoms with Crippen LogP contribution in [0.3, 0.4) is 0 Å². The molecule has 6 nitrogen and oxygen atoms in total. The zero-order valence-corrected chi connectivity index (χ0v) is 11.3. The van der Waals surface area contributed by atoms with Crippen LogP contribution in [0.15, 0.2) is 48.8 Å². The van der Waals surface area contributed by atoms with Gasteiger partial charge in [-0.3, -0.25) is 0 Å². The highest BCUT2D eigenvalue weighted by molar-refractivity contribution is 5.86. The van der Waals surface area contributed by atoms with Crippen LogP contribution in [0.25, 0.3) is 17.1 Å². The number of aromatic nitrogens is 4. The summed E-state index contributed by atoms with van der Waals surface area (Å²) in [4.78, 5) is 19.4. The number of aromatic carboxylic acids is 1. The van der Waals surface area contributed by atoms with Crippen LogP contribution in [0.1, 0.15) is 16.2 Å². The highest BCUT2D eigenvalue weighted by Crippen LogP contribution is 2.18. The predicted octanol–water partition coefficient (Wildman–Crippen LogP) is 2.34. The molecule has 0 aliphatic rings. The third-order valence-corrected chi connectivity index (χ3v) is 2.97. The molecule has 104 valence electrons. The van der Waals surface area contributed by atoms with Crippen molar-refractivity contribution in [1.29, 1.82) is 0 Å². The molecule has 2 heterocycles. The first-order valence-electron chi connectivity index (χ1n) is 6.33. The van der Waals surface area contributed by atoms with E-state index in [2.05, 4.69) is 15.1 Å². The molecule has 6 heteroatoms. The second-order valence-corrected chi connectivity index (χ2v) is 4.52. The monoisotopic (exact) mass is 280 g/mol. The summed E-state index contributed by atoms with van der Waals surface area (Å²) in [6, 6.07) is 10.7. The first kappa shape index (κ1) is 13.0. The Labute approximate surface area is 120 Å². The summed E-state index contributed by atoms with van der Waals surface area (Å²) >= 11 is 0. The van der Waals surface area contributed by atoms with Gasteiger partial charge in [0.15, 0.2) is 11.5 Å². The molecule has 0 fully saturated rings. The standard InChI is InChI=1S/C15H12N4O2/c1-10-9-13(15(20)21)18-14(17-10)11-3-5-12(6-4-11)19-8-2-7-16-19/h2-9H,1H3,(H,20,21). The Bertz CT molecular complexity index is 780. The van der Waals surface area contributed by atoms with E-state index in [1.807, 2.05) is 36.5 Å². The number of rotatable bonds is 3. The van der Waals surface area contributed by atoms with Crippen LogP contribution in [0, 0.1) is 6.92 Å². The van der Waals surface area contributed by atoms with E-state index in [4.69, 9.17) is 5.11 Å². The number of carboxylic acids is 1. The number of hydrogen-bond donors (Lipinski definition) is 1. The Morgan fingerprint density at radius 1 is 1.19 bits per heavy atom. The summed E-state index contributed by atoms with van der Waals surface area (Å²) < 4.78 is 1.74. The van der Waals surface area contributed by atoms with Gasteiger partial charge in [0, 0.05) is 23.7 Å². The molecule has 2 aromatic heterocycles. The summed E-state index contributed by atoms with van der Waals surface area (Å²) in [5.41, 5.74) is 2.29. The molecule has 21 heavy (non-hydrogen) atoms. The lowest BCUT2D eigenvalue weighted by molar-refractivity contribution is 0.0690. The minimum atomic E-state index is -1.06. The van der Waals surface area contributed by atoms with Crippen molar-refractivity contribution in [3.63, 3.8) is 0 Å². The predicted molar refractivity (Wildman–Crippen MR) is 76.3 cm³/mol. The normalized spacial score (nSPS) is 10.5. The lowest BCUT2D eigenvalue weighted by Gasteiger charge is -2.05. The molecular weight excluding hydrogens is 268 g/mol. The van der Waals surface area contributed by atoms with Gasteiger partial charge in [0.1, 0.15) is 0 Å². The van der Waals surface area contributed by atoms with Crippen molar-refractivity contribution >= 4 is 5.97 Å². The first-order valence-corrected chi connectivity index (χ1v) is 6.33. The average molecular weight is 280 g/mol. The van der Waals surface area contributed by atoms with Crippen LogP contribution in [-0.2, 0) is 0 Å². The fourth-order valence-corrected chi connectivity index (χ4v) is 1.99. The van der Waals surface area contributed by atoms with Crippen molar-refractivity contribution in [3.8, 4) is 17.1 Å². The van der Waals surface area contributed by atoms with E-state index in [0.717, 1.165) is 11.3 Å². The maximum atomic E-state index is 11.0. The summed E-state index contributed by atoms with van der Waals surface area (Å²) in [6.45, 7) is 1.75. The Morgan fingerprint density at radius 2 is 1.95 bits per heavy atom. The Kier molecular flexibility index (Phi) is 3.19. The van der Waals surface area contributed by atoms with Crippen LogP contribution < -0.4 is 0 Å². The van der Waals surface area contributed by atoms with E-state index in [1.165, 1.54) is 6.07 Å². The van der Waals surface area contributed by atoms with Crippen molar-refractivity contribution in [1.82, 2.24) is 19.7 Å². The fraction of sp³-hybridized carbons (Fsp3) is 0.0667. The molecule has 1 aromatic carbocycles. The molecule has 1 N–H and O–H groups in total. The van der Waals surface area contributed by atoms with Crippen molar-refractivity contribution in [2.45, 2.75) is 6.92 Å². The van der Waals surface area contributed by atoms with Gasteiger partial charge in [-0.25, -0.2) is 19.4 Å². The van der Waals surface area contributed by atoms with Crippen LogP contribution in [0.4, 0.5) is 0 Å². The number of carbonyl (C=O) groups is 1. The molecule has 0 saturated carbocycles. The molecular formula is C15H12N4O2.